The number of hydrogen-bond acceptors (Lipinski definition) is 4. The number of carboxylic acids is 1. The van der Waals surface area contributed by atoms with E-state index in [4.69, 9.17) is 8.95 Å². The van der Waals surface area contributed by atoms with Gasteiger partial charge in [-0.3, -0.25) is 9.36 Å². The minimum atomic E-state index is -2.99. The monoisotopic (exact) mass is 448 g/mol. The molecule has 0 saturated heterocycles. The van der Waals surface area contributed by atoms with Crippen molar-refractivity contribution in [2.24, 2.45) is 0 Å². The molecule has 0 fully saturated rings. The fourth-order valence-corrected chi connectivity index (χ4v) is 10.4. The molecule has 0 bridgehead atoms. The molecule has 0 aliphatic heterocycles. The van der Waals surface area contributed by atoms with Crippen molar-refractivity contribution in [2.75, 3.05) is 19.4 Å². The Bertz CT molecular complexity index is 825. The minimum Gasteiger partial charge on any atom is -0.481 e. The third kappa shape index (κ3) is 5.91. The van der Waals surface area contributed by atoms with E-state index in [0.717, 1.165) is 10.4 Å². The highest BCUT2D eigenvalue weighted by Crippen LogP contribution is 2.45. The standard InChI is InChI=1S/C23H33O5PSi/c1-6-27-29(5,26)18-19(17-22(24)25)28-30(23(2,3)4,20-13-9-7-10-14-20)21-15-11-8-12-16-21/h7-16,19H,6,17-18H2,1-5H3,(H,24,25)/t19-,29?/m0/s1. The van der Waals surface area contributed by atoms with E-state index < -0.39 is 27.8 Å². The molecule has 2 rings (SSSR count). The summed E-state index contributed by atoms with van der Waals surface area (Å²) in [5.74, 6) is -0.977. The van der Waals surface area contributed by atoms with Crippen molar-refractivity contribution in [3.05, 3.63) is 60.7 Å². The highest BCUT2D eigenvalue weighted by molar-refractivity contribution is 7.58. The second kappa shape index (κ2) is 10.1. The number of carbonyl (C=O) groups is 1. The number of benzene rings is 2. The van der Waals surface area contributed by atoms with E-state index in [9.17, 15) is 14.5 Å². The predicted octanol–water partition coefficient (Wildman–Crippen LogP) is 4.35. The molecule has 0 saturated carbocycles. The second-order valence-corrected chi connectivity index (χ2v) is 15.5. The van der Waals surface area contributed by atoms with Crippen LogP contribution in [0.3, 0.4) is 0 Å². The van der Waals surface area contributed by atoms with Crippen molar-refractivity contribution in [2.45, 2.75) is 45.3 Å². The molecule has 0 aliphatic carbocycles. The Morgan fingerprint density at radius 2 is 1.50 bits per heavy atom. The van der Waals surface area contributed by atoms with Gasteiger partial charge in [-0.05, 0) is 22.3 Å². The highest BCUT2D eigenvalue weighted by Gasteiger charge is 2.52. The van der Waals surface area contributed by atoms with Crippen LogP contribution >= 0.6 is 7.37 Å². The second-order valence-electron chi connectivity index (χ2n) is 8.62. The summed E-state index contributed by atoms with van der Waals surface area (Å²) in [6, 6.07) is 20.0. The Labute approximate surface area is 181 Å². The fraction of sp³-hybridized carbons (Fsp3) is 0.435. The molecule has 164 valence electrons. The lowest BCUT2D eigenvalue weighted by Crippen LogP contribution is -2.68. The largest absolute Gasteiger partial charge is 0.481 e. The topological polar surface area (TPSA) is 72.8 Å². The van der Waals surface area contributed by atoms with E-state index in [0.29, 0.717) is 6.61 Å². The van der Waals surface area contributed by atoms with E-state index in [1.807, 2.05) is 36.4 Å². The van der Waals surface area contributed by atoms with Gasteiger partial charge in [0.15, 0.2) is 0 Å². The van der Waals surface area contributed by atoms with Gasteiger partial charge in [0.1, 0.15) is 0 Å². The molecule has 0 amide bonds. The quantitative estimate of drug-likeness (QED) is 0.432. The summed E-state index contributed by atoms with van der Waals surface area (Å²) in [5.41, 5.74) is 0. The number of aliphatic carboxylic acids is 1. The zero-order valence-corrected chi connectivity index (χ0v) is 20.4. The fourth-order valence-electron chi connectivity index (χ4n) is 3.98. The normalized spacial score (nSPS) is 15.4. The smallest absolute Gasteiger partial charge is 0.305 e. The van der Waals surface area contributed by atoms with Gasteiger partial charge in [-0.1, -0.05) is 81.4 Å². The molecule has 2 atom stereocenters. The first-order valence-corrected chi connectivity index (χ1v) is 14.4. The summed E-state index contributed by atoms with van der Waals surface area (Å²) >= 11 is 0. The van der Waals surface area contributed by atoms with E-state index in [1.165, 1.54) is 0 Å². The van der Waals surface area contributed by atoms with Gasteiger partial charge in [0.05, 0.1) is 25.3 Å². The van der Waals surface area contributed by atoms with Crippen molar-refractivity contribution in [1.29, 1.82) is 0 Å². The molecule has 1 N–H and O–H groups in total. The maximum absolute atomic E-state index is 12.9. The molecule has 0 aromatic heterocycles. The molecule has 2 aromatic rings. The predicted molar refractivity (Wildman–Crippen MR) is 125 cm³/mol. The molecule has 5 nitrogen and oxygen atoms in total. The van der Waals surface area contributed by atoms with Crippen LogP contribution in [0.4, 0.5) is 0 Å². The van der Waals surface area contributed by atoms with Crippen molar-refractivity contribution in [3.8, 4) is 0 Å². The zero-order valence-electron chi connectivity index (χ0n) is 18.5. The van der Waals surface area contributed by atoms with Crippen LogP contribution < -0.4 is 10.4 Å². The molecule has 1 unspecified atom stereocenters. The Morgan fingerprint density at radius 1 is 1.03 bits per heavy atom. The third-order valence-corrected chi connectivity index (χ3v) is 12.1. The SMILES string of the molecule is CCOP(C)(=O)C[C@H](CC(=O)O)O[Si](c1ccccc1)(c1ccccc1)C(C)(C)C. The zero-order chi connectivity index (χ0) is 22.4. The maximum Gasteiger partial charge on any atom is 0.305 e. The molecule has 30 heavy (non-hydrogen) atoms. The molecule has 7 heteroatoms. The summed E-state index contributed by atoms with van der Waals surface area (Å²) in [6.45, 7) is 10.0. The molecule has 2 aromatic carbocycles. The van der Waals surface area contributed by atoms with Crippen LogP contribution in [0.1, 0.15) is 34.1 Å². The average Bonchev–Trinajstić information content (AvgIpc) is 2.65. The summed E-state index contributed by atoms with van der Waals surface area (Å²) in [7, 11) is -5.93. The maximum atomic E-state index is 12.9. The number of carboxylic acid groups (broad SMARTS) is 1. The molecule has 0 heterocycles. The summed E-state index contributed by atoms with van der Waals surface area (Å²) in [6.07, 6.45) is -0.885. The lowest BCUT2D eigenvalue weighted by molar-refractivity contribution is -0.138. The Morgan fingerprint density at radius 3 is 1.87 bits per heavy atom. The number of hydrogen-bond donors (Lipinski definition) is 1. The lowest BCUT2D eigenvalue weighted by Gasteiger charge is -2.45. The van der Waals surface area contributed by atoms with Gasteiger partial charge in [0.2, 0.25) is 7.37 Å². The van der Waals surface area contributed by atoms with Gasteiger partial charge in [0.25, 0.3) is 8.32 Å². The van der Waals surface area contributed by atoms with Crippen LogP contribution in [-0.4, -0.2) is 44.9 Å². The summed E-state index contributed by atoms with van der Waals surface area (Å²) in [5, 5.41) is 11.4. The Hall–Kier alpha value is -1.72. The van der Waals surface area contributed by atoms with Gasteiger partial charge in [-0.25, -0.2) is 0 Å². The summed E-state index contributed by atoms with van der Waals surface area (Å²) < 4.78 is 25.3. The molecule has 0 aliphatic rings. The van der Waals surface area contributed by atoms with Crippen molar-refractivity contribution < 1.29 is 23.4 Å². The van der Waals surface area contributed by atoms with Gasteiger partial charge < -0.3 is 14.1 Å². The molecule has 0 radical (unpaired) electrons. The first-order valence-electron chi connectivity index (χ1n) is 10.2. The van der Waals surface area contributed by atoms with Crippen LogP contribution in [0, 0.1) is 0 Å². The van der Waals surface area contributed by atoms with Crippen molar-refractivity contribution >= 4 is 32.0 Å². The van der Waals surface area contributed by atoms with E-state index in [-0.39, 0.29) is 17.6 Å². The first-order chi connectivity index (χ1) is 14.0. The van der Waals surface area contributed by atoms with Crippen LogP contribution in [0.5, 0.6) is 0 Å². The summed E-state index contributed by atoms with van der Waals surface area (Å²) in [4.78, 5) is 11.7. The van der Waals surface area contributed by atoms with Gasteiger partial charge in [-0.2, -0.15) is 0 Å². The first kappa shape index (κ1) is 24.5. The Balaban J connectivity index is 2.65. The van der Waals surface area contributed by atoms with Gasteiger partial charge >= 0.3 is 5.97 Å². The van der Waals surface area contributed by atoms with E-state index in [2.05, 4.69) is 45.0 Å². The van der Waals surface area contributed by atoms with Crippen molar-refractivity contribution in [1.82, 2.24) is 0 Å². The van der Waals surface area contributed by atoms with E-state index in [1.54, 1.807) is 13.6 Å². The van der Waals surface area contributed by atoms with Crippen LogP contribution in [0.15, 0.2) is 60.7 Å². The van der Waals surface area contributed by atoms with Gasteiger partial charge in [0, 0.05) is 6.66 Å². The van der Waals surface area contributed by atoms with Gasteiger partial charge in [-0.15, -0.1) is 0 Å². The van der Waals surface area contributed by atoms with Crippen LogP contribution in [-0.2, 0) is 18.3 Å². The van der Waals surface area contributed by atoms with Crippen LogP contribution in [0.25, 0.3) is 0 Å². The highest BCUT2D eigenvalue weighted by atomic mass is 31.2. The van der Waals surface area contributed by atoms with E-state index >= 15 is 0 Å². The minimum absolute atomic E-state index is 0.0671. The lowest BCUT2D eigenvalue weighted by atomic mass is 10.2. The average molecular weight is 449 g/mol. The molecule has 0 spiro atoms. The molecular formula is C23H33O5PSi. The third-order valence-electron chi connectivity index (χ3n) is 5.10. The van der Waals surface area contributed by atoms with Crippen LogP contribution in [0.2, 0.25) is 5.04 Å². The Kier molecular flexibility index (Phi) is 8.23. The number of rotatable bonds is 10. The van der Waals surface area contributed by atoms with Crippen molar-refractivity contribution in [3.63, 3.8) is 0 Å². The molecular weight excluding hydrogens is 415 g/mol.